The van der Waals surface area contributed by atoms with Crippen LogP contribution in [0.15, 0.2) is 58.1 Å². The first kappa shape index (κ1) is 16.0. The normalized spacial score (nSPS) is 20.8. The van der Waals surface area contributed by atoms with Gasteiger partial charge in [-0.2, -0.15) is 0 Å². The summed E-state index contributed by atoms with van der Waals surface area (Å²) in [6, 6.07) is 15.7. The highest BCUT2D eigenvalue weighted by Gasteiger charge is 2.32. The maximum Gasteiger partial charge on any atom is 0.268 e. The molecule has 0 radical (unpaired) electrons. The molecule has 1 fully saturated rings. The van der Waals surface area contributed by atoms with Crippen molar-refractivity contribution in [1.82, 2.24) is 7.91 Å². The van der Waals surface area contributed by atoms with Crippen molar-refractivity contribution in [2.24, 2.45) is 0 Å². The van der Waals surface area contributed by atoms with E-state index < -0.39 is 0 Å². The molecule has 4 nitrogen and oxygen atoms in total. The van der Waals surface area contributed by atoms with Crippen LogP contribution in [0.1, 0.15) is 37.8 Å². The summed E-state index contributed by atoms with van der Waals surface area (Å²) < 4.78 is 5.88. The van der Waals surface area contributed by atoms with Gasteiger partial charge in [0, 0.05) is 0 Å². The fraction of sp³-hybridized carbons (Fsp3) is 0.300. The van der Waals surface area contributed by atoms with Crippen LogP contribution in [0, 0.1) is 0 Å². The number of rotatable bonds is 2. The van der Waals surface area contributed by atoms with Gasteiger partial charge in [-0.15, -0.1) is 0 Å². The summed E-state index contributed by atoms with van der Waals surface area (Å²) in [7, 11) is 0. The van der Waals surface area contributed by atoms with Crippen molar-refractivity contribution in [2.45, 2.75) is 37.8 Å². The zero-order chi connectivity index (χ0) is 17.7. The van der Waals surface area contributed by atoms with Gasteiger partial charge in [0.1, 0.15) is 0 Å². The molecular weight excluding hydrogens is 364 g/mol. The Morgan fingerprint density at radius 1 is 0.692 bits per heavy atom. The molecule has 6 heteroatoms. The Labute approximate surface area is 158 Å². The quantitative estimate of drug-likeness (QED) is 0.500. The fourth-order valence-corrected chi connectivity index (χ4v) is 6.39. The zero-order valence-electron chi connectivity index (χ0n) is 14.1. The fourth-order valence-electron chi connectivity index (χ4n) is 4.05. The van der Waals surface area contributed by atoms with E-state index in [1.165, 1.54) is 23.1 Å². The third kappa shape index (κ3) is 2.40. The first-order valence-corrected chi connectivity index (χ1v) is 10.5. The second-order valence-corrected chi connectivity index (χ2v) is 8.89. The molecular formula is C20H18N2O2S2. The van der Waals surface area contributed by atoms with Crippen LogP contribution >= 0.6 is 23.1 Å². The SMILES string of the molecule is O=c1c2ccccc2sn1C1CCCCC1n1sc2ccccc2c1=O. The molecule has 0 amide bonds. The predicted octanol–water partition coefficient (Wildman–Crippen LogP) is 4.80. The topological polar surface area (TPSA) is 44.0 Å². The molecule has 0 N–H and O–H groups in total. The van der Waals surface area contributed by atoms with Crippen molar-refractivity contribution in [3.8, 4) is 0 Å². The smallest absolute Gasteiger partial charge is 0.268 e. The highest BCUT2D eigenvalue weighted by atomic mass is 32.1. The van der Waals surface area contributed by atoms with Crippen LogP contribution in [0.25, 0.3) is 20.2 Å². The summed E-state index contributed by atoms with van der Waals surface area (Å²) in [5.41, 5.74) is 0.160. The molecule has 0 saturated heterocycles. The molecule has 2 aromatic carbocycles. The minimum atomic E-state index is 0.0550. The van der Waals surface area contributed by atoms with Gasteiger partial charge in [-0.05, 0) is 37.1 Å². The Morgan fingerprint density at radius 3 is 1.54 bits per heavy atom. The average Bonchev–Trinajstić information content (AvgIpc) is 3.20. The Morgan fingerprint density at radius 2 is 1.12 bits per heavy atom. The van der Waals surface area contributed by atoms with Crippen LogP contribution in [-0.4, -0.2) is 7.91 Å². The van der Waals surface area contributed by atoms with Gasteiger partial charge in [0.15, 0.2) is 0 Å². The Bertz CT molecular complexity index is 1120. The molecule has 1 aliphatic rings. The van der Waals surface area contributed by atoms with Crippen molar-refractivity contribution < 1.29 is 0 Å². The Kier molecular flexibility index (Phi) is 3.83. The van der Waals surface area contributed by atoms with Crippen LogP contribution in [-0.2, 0) is 0 Å². The molecule has 2 atom stereocenters. The van der Waals surface area contributed by atoms with Gasteiger partial charge >= 0.3 is 0 Å². The summed E-state index contributed by atoms with van der Waals surface area (Å²) in [6.45, 7) is 0. The van der Waals surface area contributed by atoms with Gasteiger partial charge in [-0.3, -0.25) is 17.5 Å². The van der Waals surface area contributed by atoms with Gasteiger partial charge in [0.2, 0.25) is 0 Å². The van der Waals surface area contributed by atoms with Crippen LogP contribution in [0.5, 0.6) is 0 Å². The molecule has 0 spiro atoms. The van der Waals surface area contributed by atoms with E-state index in [1.54, 1.807) is 0 Å². The van der Waals surface area contributed by atoms with Crippen molar-refractivity contribution in [1.29, 1.82) is 0 Å². The van der Waals surface area contributed by atoms with Gasteiger partial charge in [-0.1, -0.05) is 60.2 Å². The molecule has 1 saturated carbocycles. The van der Waals surface area contributed by atoms with Gasteiger partial charge in [-0.25, -0.2) is 0 Å². The van der Waals surface area contributed by atoms with Crippen molar-refractivity contribution in [3.05, 3.63) is 69.2 Å². The highest BCUT2D eigenvalue weighted by molar-refractivity contribution is 7.14. The molecule has 26 heavy (non-hydrogen) atoms. The van der Waals surface area contributed by atoms with E-state index in [-0.39, 0.29) is 23.2 Å². The largest absolute Gasteiger partial charge is 0.268 e. The standard InChI is InChI=1S/C20H18N2O2S2/c23-19-13-7-1-5-11-17(13)25-21(19)15-9-3-4-10-16(15)22-20(24)14-8-2-6-12-18(14)26-22/h1-2,5-8,11-12,15-16H,3-4,9-10H2. The summed E-state index contributed by atoms with van der Waals surface area (Å²) in [4.78, 5) is 25.9. The predicted molar refractivity (Wildman–Crippen MR) is 109 cm³/mol. The summed E-state index contributed by atoms with van der Waals surface area (Å²) in [5.74, 6) is 0. The van der Waals surface area contributed by atoms with Gasteiger partial charge in [0.25, 0.3) is 11.1 Å². The maximum absolute atomic E-state index is 13.0. The van der Waals surface area contributed by atoms with Gasteiger partial charge < -0.3 is 0 Å². The van der Waals surface area contributed by atoms with E-state index in [0.717, 1.165) is 45.9 Å². The molecule has 5 rings (SSSR count). The van der Waals surface area contributed by atoms with E-state index in [4.69, 9.17) is 0 Å². The van der Waals surface area contributed by atoms with Crippen molar-refractivity contribution >= 4 is 43.2 Å². The van der Waals surface area contributed by atoms with Crippen molar-refractivity contribution in [2.75, 3.05) is 0 Å². The molecule has 4 aromatic rings. The minimum absolute atomic E-state index is 0.0550. The molecule has 1 aliphatic carbocycles. The minimum Gasteiger partial charge on any atom is -0.268 e. The number of hydrogen-bond donors (Lipinski definition) is 0. The second kappa shape index (κ2) is 6.21. The molecule has 2 aromatic heterocycles. The van der Waals surface area contributed by atoms with Crippen LogP contribution < -0.4 is 11.1 Å². The van der Waals surface area contributed by atoms with E-state index in [0.29, 0.717) is 0 Å². The van der Waals surface area contributed by atoms with E-state index >= 15 is 0 Å². The average molecular weight is 383 g/mol. The Hall–Kier alpha value is -2.18. The van der Waals surface area contributed by atoms with E-state index in [9.17, 15) is 9.59 Å². The molecule has 2 unspecified atom stereocenters. The number of hydrogen-bond acceptors (Lipinski definition) is 4. The number of nitrogens with zero attached hydrogens (tertiary/aromatic N) is 2. The Balaban J connectivity index is 1.67. The van der Waals surface area contributed by atoms with E-state index in [1.807, 2.05) is 56.4 Å². The third-order valence-electron chi connectivity index (χ3n) is 5.33. The molecule has 2 heterocycles. The van der Waals surface area contributed by atoms with Gasteiger partial charge in [0.05, 0.1) is 32.3 Å². The third-order valence-corrected chi connectivity index (χ3v) is 7.70. The monoisotopic (exact) mass is 382 g/mol. The van der Waals surface area contributed by atoms with Crippen LogP contribution in [0.4, 0.5) is 0 Å². The van der Waals surface area contributed by atoms with E-state index in [2.05, 4.69) is 0 Å². The summed E-state index contributed by atoms with van der Waals surface area (Å²) >= 11 is 3.07. The van der Waals surface area contributed by atoms with Crippen LogP contribution in [0.2, 0.25) is 0 Å². The lowest BCUT2D eigenvalue weighted by atomic mass is 9.91. The first-order valence-electron chi connectivity index (χ1n) is 8.95. The first-order chi connectivity index (χ1) is 12.7. The molecule has 132 valence electrons. The zero-order valence-corrected chi connectivity index (χ0v) is 15.8. The lowest BCUT2D eigenvalue weighted by Gasteiger charge is -2.31. The number of aromatic nitrogens is 2. The van der Waals surface area contributed by atoms with Crippen LogP contribution in [0.3, 0.4) is 0 Å². The van der Waals surface area contributed by atoms with Crippen molar-refractivity contribution in [3.63, 3.8) is 0 Å². The summed E-state index contributed by atoms with van der Waals surface area (Å²) in [6.07, 6.45) is 4.08. The molecule has 0 aliphatic heterocycles. The highest BCUT2D eigenvalue weighted by Crippen LogP contribution is 2.39. The lowest BCUT2D eigenvalue weighted by Crippen LogP contribution is -2.33. The second-order valence-electron chi connectivity index (χ2n) is 6.86. The molecule has 0 bridgehead atoms. The maximum atomic E-state index is 13.0. The number of benzene rings is 2. The number of fused-ring (bicyclic) bond motifs is 2. The summed E-state index contributed by atoms with van der Waals surface area (Å²) in [5, 5.41) is 1.57. The lowest BCUT2D eigenvalue weighted by molar-refractivity contribution is 0.258.